The van der Waals surface area contributed by atoms with Crippen LogP contribution < -0.4 is 4.90 Å². The highest BCUT2D eigenvalue weighted by Crippen LogP contribution is 2.27. The second-order valence-corrected chi connectivity index (χ2v) is 6.27. The highest BCUT2D eigenvalue weighted by atomic mass is 32.1. The van der Waals surface area contributed by atoms with Crippen LogP contribution in [0.2, 0.25) is 0 Å². The lowest BCUT2D eigenvalue weighted by Crippen LogP contribution is -2.26. The summed E-state index contributed by atoms with van der Waals surface area (Å²) in [5.41, 5.74) is 3.37. The van der Waals surface area contributed by atoms with Gasteiger partial charge in [-0.2, -0.15) is 0 Å². The van der Waals surface area contributed by atoms with E-state index in [0.717, 1.165) is 11.1 Å². The maximum Gasteiger partial charge on any atom is 0.350 e. The molecular formula is C17H20N2O3S. The van der Waals surface area contributed by atoms with Crippen LogP contribution in [0, 0.1) is 20.8 Å². The summed E-state index contributed by atoms with van der Waals surface area (Å²) < 4.78 is 5.00. The van der Waals surface area contributed by atoms with E-state index in [1.54, 1.807) is 27.0 Å². The fourth-order valence-corrected chi connectivity index (χ4v) is 2.99. The molecule has 2 aromatic rings. The van der Waals surface area contributed by atoms with E-state index in [2.05, 4.69) is 4.98 Å². The summed E-state index contributed by atoms with van der Waals surface area (Å²) in [6.45, 7) is 7.77. The van der Waals surface area contributed by atoms with Crippen molar-refractivity contribution in [1.82, 2.24) is 4.98 Å². The van der Waals surface area contributed by atoms with Crippen molar-refractivity contribution in [2.45, 2.75) is 27.7 Å². The number of hydrogen-bond donors (Lipinski definition) is 0. The molecule has 0 unspecified atom stereocenters. The van der Waals surface area contributed by atoms with Gasteiger partial charge in [0.25, 0.3) is 5.91 Å². The molecule has 0 aliphatic carbocycles. The average molecular weight is 332 g/mol. The van der Waals surface area contributed by atoms with Gasteiger partial charge in [-0.05, 0) is 51.0 Å². The Labute approximate surface area is 139 Å². The Bertz CT molecular complexity index is 752. The molecule has 0 fully saturated rings. The van der Waals surface area contributed by atoms with E-state index in [9.17, 15) is 9.59 Å². The van der Waals surface area contributed by atoms with Crippen LogP contribution in [-0.4, -0.2) is 30.5 Å². The largest absolute Gasteiger partial charge is 0.462 e. The molecule has 1 amide bonds. The van der Waals surface area contributed by atoms with Crippen molar-refractivity contribution < 1.29 is 14.3 Å². The summed E-state index contributed by atoms with van der Waals surface area (Å²) in [6.07, 6.45) is 0. The first-order chi connectivity index (χ1) is 10.8. The van der Waals surface area contributed by atoms with Crippen molar-refractivity contribution in [1.29, 1.82) is 0 Å². The molecule has 2 rings (SSSR count). The molecule has 1 aromatic heterocycles. The monoisotopic (exact) mass is 332 g/mol. The van der Waals surface area contributed by atoms with E-state index in [-0.39, 0.29) is 5.91 Å². The zero-order chi connectivity index (χ0) is 17.1. The van der Waals surface area contributed by atoms with Crippen LogP contribution in [0.1, 0.15) is 43.8 Å². The molecule has 0 bridgehead atoms. The average Bonchev–Trinajstić information content (AvgIpc) is 2.91. The molecule has 0 saturated heterocycles. The standard InChI is InChI=1S/C17H20N2O3S/c1-6-22-16(21)14-12(4)18-17(23-14)19(5)15(20)13-8-7-10(2)11(3)9-13/h7-9H,6H2,1-5H3. The molecule has 0 aliphatic heterocycles. The molecule has 0 N–H and O–H groups in total. The number of amides is 1. The smallest absolute Gasteiger partial charge is 0.350 e. The number of aromatic nitrogens is 1. The van der Waals surface area contributed by atoms with Gasteiger partial charge in [-0.1, -0.05) is 17.4 Å². The van der Waals surface area contributed by atoms with Crippen molar-refractivity contribution in [3.05, 3.63) is 45.5 Å². The van der Waals surface area contributed by atoms with Crippen LogP contribution in [0.4, 0.5) is 5.13 Å². The summed E-state index contributed by atoms with van der Waals surface area (Å²) in [5.74, 6) is -0.557. The topological polar surface area (TPSA) is 59.5 Å². The second kappa shape index (κ2) is 6.91. The van der Waals surface area contributed by atoms with E-state index >= 15 is 0 Å². The van der Waals surface area contributed by atoms with Gasteiger partial charge in [0.1, 0.15) is 4.88 Å². The molecule has 5 nitrogen and oxygen atoms in total. The lowest BCUT2D eigenvalue weighted by atomic mass is 10.1. The summed E-state index contributed by atoms with van der Waals surface area (Å²) >= 11 is 1.17. The minimum absolute atomic E-state index is 0.155. The number of anilines is 1. The molecule has 0 spiro atoms. The normalized spacial score (nSPS) is 10.5. The zero-order valence-electron chi connectivity index (χ0n) is 14.0. The zero-order valence-corrected chi connectivity index (χ0v) is 14.8. The van der Waals surface area contributed by atoms with Gasteiger partial charge in [-0.25, -0.2) is 9.78 Å². The molecule has 0 atom stereocenters. The fraction of sp³-hybridized carbons (Fsp3) is 0.353. The first-order valence-electron chi connectivity index (χ1n) is 7.35. The van der Waals surface area contributed by atoms with Crippen LogP contribution in [0.5, 0.6) is 0 Å². The third kappa shape index (κ3) is 3.59. The number of aryl methyl sites for hydroxylation is 3. The Morgan fingerprint density at radius 3 is 2.52 bits per heavy atom. The number of carbonyl (C=O) groups is 2. The van der Waals surface area contributed by atoms with E-state index in [1.807, 2.05) is 26.0 Å². The first-order valence-corrected chi connectivity index (χ1v) is 8.16. The number of rotatable bonds is 4. The molecule has 6 heteroatoms. The van der Waals surface area contributed by atoms with Gasteiger partial charge >= 0.3 is 5.97 Å². The fourth-order valence-electron chi connectivity index (χ4n) is 2.07. The predicted octanol–water partition coefficient (Wildman–Crippen LogP) is 3.52. The third-order valence-corrected chi connectivity index (χ3v) is 4.81. The van der Waals surface area contributed by atoms with E-state index in [4.69, 9.17) is 4.74 Å². The minimum atomic E-state index is -0.402. The number of thiazole rings is 1. The molecule has 0 radical (unpaired) electrons. The molecule has 23 heavy (non-hydrogen) atoms. The molecule has 1 aromatic carbocycles. The van der Waals surface area contributed by atoms with Crippen LogP contribution in [0.15, 0.2) is 18.2 Å². The maximum absolute atomic E-state index is 12.6. The van der Waals surface area contributed by atoms with Gasteiger partial charge < -0.3 is 4.74 Å². The Balaban J connectivity index is 2.27. The Morgan fingerprint density at radius 1 is 1.22 bits per heavy atom. The number of carbonyl (C=O) groups excluding carboxylic acids is 2. The summed E-state index contributed by atoms with van der Waals surface area (Å²) in [6, 6.07) is 5.59. The molecule has 1 heterocycles. The van der Waals surface area contributed by atoms with Crippen LogP contribution >= 0.6 is 11.3 Å². The molecular weight excluding hydrogens is 312 g/mol. The van der Waals surface area contributed by atoms with Crippen molar-refractivity contribution in [2.75, 3.05) is 18.6 Å². The van der Waals surface area contributed by atoms with Crippen LogP contribution in [0.25, 0.3) is 0 Å². The molecule has 122 valence electrons. The third-order valence-electron chi connectivity index (χ3n) is 3.59. The summed E-state index contributed by atoms with van der Waals surface area (Å²) in [4.78, 5) is 30.7. The Hall–Kier alpha value is -2.21. The number of benzene rings is 1. The lowest BCUT2D eigenvalue weighted by Gasteiger charge is -2.14. The van der Waals surface area contributed by atoms with Crippen molar-refractivity contribution in [3.8, 4) is 0 Å². The Kier molecular flexibility index (Phi) is 5.15. The van der Waals surface area contributed by atoms with Gasteiger partial charge in [0, 0.05) is 12.6 Å². The predicted molar refractivity (Wildman–Crippen MR) is 91.5 cm³/mol. The highest BCUT2D eigenvalue weighted by Gasteiger charge is 2.22. The van der Waals surface area contributed by atoms with Crippen molar-refractivity contribution in [2.24, 2.45) is 0 Å². The first kappa shape index (κ1) is 17.1. The highest BCUT2D eigenvalue weighted by molar-refractivity contribution is 7.17. The van der Waals surface area contributed by atoms with Gasteiger partial charge in [0.05, 0.1) is 12.3 Å². The van der Waals surface area contributed by atoms with Gasteiger partial charge in [-0.3, -0.25) is 9.69 Å². The quantitative estimate of drug-likeness (QED) is 0.804. The van der Waals surface area contributed by atoms with Gasteiger partial charge in [-0.15, -0.1) is 0 Å². The molecule has 0 saturated carbocycles. The SMILES string of the molecule is CCOC(=O)c1sc(N(C)C(=O)c2ccc(C)c(C)c2)nc1C. The van der Waals surface area contributed by atoms with Gasteiger partial charge in [0.15, 0.2) is 5.13 Å². The second-order valence-electron chi connectivity index (χ2n) is 5.29. The lowest BCUT2D eigenvalue weighted by molar-refractivity contribution is 0.0531. The van der Waals surface area contributed by atoms with Crippen LogP contribution in [0.3, 0.4) is 0 Å². The Morgan fingerprint density at radius 2 is 1.91 bits per heavy atom. The van der Waals surface area contributed by atoms with E-state index in [0.29, 0.717) is 27.9 Å². The number of ether oxygens (including phenoxy) is 1. The summed E-state index contributed by atoms with van der Waals surface area (Å²) in [5, 5.41) is 0.480. The minimum Gasteiger partial charge on any atom is -0.462 e. The number of hydrogen-bond acceptors (Lipinski definition) is 5. The maximum atomic E-state index is 12.6. The van der Waals surface area contributed by atoms with E-state index in [1.165, 1.54) is 16.2 Å². The van der Waals surface area contributed by atoms with Crippen molar-refractivity contribution >= 4 is 28.3 Å². The number of nitrogens with zero attached hydrogens (tertiary/aromatic N) is 2. The summed E-state index contributed by atoms with van der Waals surface area (Å²) in [7, 11) is 1.66. The molecule has 0 aliphatic rings. The van der Waals surface area contributed by atoms with Crippen molar-refractivity contribution in [3.63, 3.8) is 0 Å². The van der Waals surface area contributed by atoms with E-state index < -0.39 is 5.97 Å². The van der Waals surface area contributed by atoms with Gasteiger partial charge in [0.2, 0.25) is 0 Å². The van der Waals surface area contributed by atoms with Crippen LogP contribution in [-0.2, 0) is 4.74 Å². The number of esters is 1.